The topological polar surface area (TPSA) is 69.4 Å². The summed E-state index contributed by atoms with van der Waals surface area (Å²) in [6.45, 7) is 1.84. The summed E-state index contributed by atoms with van der Waals surface area (Å²) in [5.41, 5.74) is 0.729. The number of benzene rings is 1. The van der Waals surface area contributed by atoms with E-state index in [9.17, 15) is 14.9 Å². The normalized spacial score (nSPS) is 14.3. The van der Waals surface area contributed by atoms with Gasteiger partial charge in [0.05, 0.1) is 17.1 Å². The molecule has 2 rings (SSSR count). The van der Waals surface area contributed by atoms with Gasteiger partial charge < -0.3 is 4.74 Å². The van der Waals surface area contributed by atoms with Crippen molar-refractivity contribution < 1.29 is 14.5 Å². The lowest BCUT2D eigenvalue weighted by Crippen LogP contribution is -2.16. The average molecular weight is 207 g/mol. The summed E-state index contributed by atoms with van der Waals surface area (Å²) in [4.78, 5) is 21.8. The van der Waals surface area contributed by atoms with E-state index >= 15 is 0 Å². The van der Waals surface area contributed by atoms with Crippen LogP contribution in [0, 0.1) is 17.0 Å². The van der Waals surface area contributed by atoms with Gasteiger partial charge in [0.2, 0.25) is 5.75 Å². The van der Waals surface area contributed by atoms with E-state index in [0.717, 1.165) is 0 Å². The molecule has 1 aromatic rings. The number of nitro benzene ring substituents is 1. The van der Waals surface area contributed by atoms with Crippen LogP contribution in [0.3, 0.4) is 0 Å². The summed E-state index contributed by atoms with van der Waals surface area (Å²) in [6, 6.07) is 3.16. The van der Waals surface area contributed by atoms with Gasteiger partial charge in [-0.1, -0.05) is 6.07 Å². The van der Waals surface area contributed by atoms with Crippen molar-refractivity contribution in [2.24, 2.45) is 0 Å². The van der Waals surface area contributed by atoms with Gasteiger partial charge in [-0.15, -0.1) is 0 Å². The minimum absolute atomic E-state index is 0.0967. The molecule has 1 aliphatic rings. The molecule has 0 radical (unpaired) electrons. The van der Waals surface area contributed by atoms with E-state index in [0.29, 0.717) is 11.1 Å². The van der Waals surface area contributed by atoms with Crippen molar-refractivity contribution in [3.05, 3.63) is 33.4 Å². The molecule has 0 saturated carbocycles. The van der Waals surface area contributed by atoms with Gasteiger partial charge in [-0.05, 0) is 13.0 Å². The van der Waals surface area contributed by atoms with Crippen LogP contribution in [0.25, 0.3) is 0 Å². The van der Waals surface area contributed by atoms with E-state index in [1.54, 1.807) is 19.1 Å². The van der Waals surface area contributed by atoms with Crippen molar-refractivity contribution in [2.45, 2.75) is 13.3 Å². The van der Waals surface area contributed by atoms with Crippen LogP contribution in [0.5, 0.6) is 5.75 Å². The zero-order valence-corrected chi connectivity index (χ0v) is 8.15. The van der Waals surface area contributed by atoms with Gasteiger partial charge in [-0.3, -0.25) is 14.9 Å². The van der Waals surface area contributed by atoms with Crippen molar-refractivity contribution in [2.75, 3.05) is 6.61 Å². The highest BCUT2D eigenvalue weighted by atomic mass is 16.6. The first-order valence-electron chi connectivity index (χ1n) is 4.55. The number of hydrogen-bond donors (Lipinski definition) is 0. The second-order valence-electron chi connectivity index (χ2n) is 3.39. The second-order valence-corrected chi connectivity index (χ2v) is 3.39. The van der Waals surface area contributed by atoms with E-state index < -0.39 is 4.92 Å². The monoisotopic (exact) mass is 207 g/mol. The molecule has 0 aliphatic carbocycles. The predicted octanol–water partition coefficient (Wildman–Crippen LogP) is 1.87. The maximum Gasteiger partial charge on any atom is 0.314 e. The summed E-state index contributed by atoms with van der Waals surface area (Å²) >= 11 is 0. The van der Waals surface area contributed by atoms with Gasteiger partial charge in [0, 0.05) is 12.0 Å². The largest absolute Gasteiger partial charge is 0.486 e. The molecular weight excluding hydrogens is 198 g/mol. The number of rotatable bonds is 1. The summed E-state index contributed by atoms with van der Waals surface area (Å²) in [5, 5.41) is 10.8. The van der Waals surface area contributed by atoms with E-state index in [-0.39, 0.29) is 30.2 Å². The SMILES string of the molecule is Cc1ccc2c(c1[N+](=O)[O-])OCCC2=O. The molecule has 0 aromatic heterocycles. The number of nitrogens with zero attached hydrogens (tertiary/aromatic N) is 1. The fourth-order valence-electron chi connectivity index (χ4n) is 1.64. The fourth-order valence-corrected chi connectivity index (χ4v) is 1.64. The average Bonchev–Trinajstić information content (AvgIpc) is 2.17. The van der Waals surface area contributed by atoms with Crippen LogP contribution in [0.1, 0.15) is 22.3 Å². The van der Waals surface area contributed by atoms with Crippen molar-refractivity contribution in [3.63, 3.8) is 0 Å². The first kappa shape index (κ1) is 9.64. The van der Waals surface area contributed by atoms with Crippen LogP contribution in [0.4, 0.5) is 5.69 Å². The van der Waals surface area contributed by atoms with Crippen LogP contribution < -0.4 is 4.74 Å². The van der Waals surface area contributed by atoms with Crippen molar-refractivity contribution in [1.29, 1.82) is 0 Å². The molecule has 0 unspecified atom stereocenters. The number of hydrogen-bond acceptors (Lipinski definition) is 4. The van der Waals surface area contributed by atoms with Crippen molar-refractivity contribution >= 4 is 11.5 Å². The van der Waals surface area contributed by atoms with Gasteiger partial charge in [0.15, 0.2) is 5.78 Å². The Morgan fingerprint density at radius 1 is 1.47 bits per heavy atom. The van der Waals surface area contributed by atoms with Crippen molar-refractivity contribution in [1.82, 2.24) is 0 Å². The molecule has 1 heterocycles. The van der Waals surface area contributed by atoms with Gasteiger partial charge in [0.1, 0.15) is 0 Å². The number of Topliss-reactive ketones (excluding diaryl/α,β-unsaturated/α-hetero) is 1. The molecule has 5 heteroatoms. The molecule has 78 valence electrons. The molecule has 15 heavy (non-hydrogen) atoms. The Morgan fingerprint density at radius 3 is 2.87 bits per heavy atom. The Kier molecular flexibility index (Phi) is 2.15. The highest BCUT2D eigenvalue weighted by Gasteiger charge is 2.28. The lowest BCUT2D eigenvalue weighted by atomic mass is 10.0. The molecule has 5 nitrogen and oxygen atoms in total. The molecule has 0 atom stereocenters. The Bertz CT molecular complexity index is 453. The number of carbonyl (C=O) groups excluding carboxylic acids is 1. The predicted molar refractivity (Wildman–Crippen MR) is 52.3 cm³/mol. The standard InChI is InChI=1S/C10H9NO4/c1-6-2-3-7-8(12)4-5-15-10(7)9(6)11(13)14/h2-3H,4-5H2,1H3. The maximum absolute atomic E-state index is 11.5. The molecule has 0 spiro atoms. The first-order valence-corrected chi connectivity index (χ1v) is 4.55. The summed E-state index contributed by atoms with van der Waals surface area (Å²) < 4.78 is 5.20. The van der Waals surface area contributed by atoms with E-state index in [4.69, 9.17) is 4.74 Å². The molecule has 1 aliphatic heterocycles. The number of fused-ring (bicyclic) bond motifs is 1. The minimum atomic E-state index is -0.507. The Balaban J connectivity index is 2.68. The number of carbonyl (C=O) groups is 1. The van der Waals surface area contributed by atoms with E-state index in [1.807, 2.05) is 0 Å². The first-order chi connectivity index (χ1) is 7.11. The zero-order chi connectivity index (χ0) is 11.0. The third-order valence-electron chi connectivity index (χ3n) is 2.39. The quantitative estimate of drug-likeness (QED) is 0.520. The van der Waals surface area contributed by atoms with Gasteiger partial charge >= 0.3 is 5.69 Å². The third-order valence-corrected chi connectivity index (χ3v) is 2.39. The molecular formula is C10H9NO4. The molecule has 0 bridgehead atoms. The third kappa shape index (κ3) is 1.45. The number of ether oxygens (including phenoxy) is 1. The highest BCUT2D eigenvalue weighted by Crippen LogP contribution is 2.36. The molecule has 1 aromatic carbocycles. The maximum atomic E-state index is 11.5. The lowest BCUT2D eigenvalue weighted by Gasteiger charge is -2.16. The second kappa shape index (κ2) is 3.34. The van der Waals surface area contributed by atoms with Crippen LogP contribution >= 0.6 is 0 Å². The summed E-state index contributed by atoms with van der Waals surface area (Å²) in [6.07, 6.45) is 0.285. The van der Waals surface area contributed by atoms with Crippen LogP contribution in [-0.2, 0) is 0 Å². The number of nitro groups is 1. The van der Waals surface area contributed by atoms with Crippen LogP contribution in [0.15, 0.2) is 12.1 Å². The smallest absolute Gasteiger partial charge is 0.314 e. The highest BCUT2D eigenvalue weighted by molar-refractivity contribution is 6.01. The summed E-state index contributed by atoms with van der Waals surface area (Å²) in [7, 11) is 0. The van der Waals surface area contributed by atoms with E-state index in [2.05, 4.69) is 0 Å². The van der Waals surface area contributed by atoms with E-state index in [1.165, 1.54) is 0 Å². The Hall–Kier alpha value is -1.91. The molecule has 0 saturated heterocycles. The van der Waals surface area contributed by atoms with Gasteiger partial charge in [0.25, 0.3) is 0 Å². The Labute approximate surface area is 85.8 Å². The lowest BCUT2D eigenvalue weighted by molar-refractivity contribution is -0.386. The van der Waals surface area contributed by atoms with Gasteiger partial charge in [-0.2, -0.15) is 0 Å². The molecule has 0 amide bonds. The van der Waals surface area contributed by atoms with Crippen molar-refractivity contribution in [3.8, 4) is 5.75 Å². The summed E-state index contributed by atoms with van der Waals surface area (Å²) in [5.74, 6) is 0.0237. The Morgan fingerprint density at radius 2 is 2.20 bits per heavy atom. The number of ketones is 1. The molecule has 0 N–H and O–H groups in total. The fraction of sp³-hybridized carbons (Fsp3) is 0.300. The zero-order valence-electron chi connectivity index (χ0n) is 8.15. The van der Waals surface area contributed by atoms with Crippen LogP contribution in [0.2, 0.25) is 0 Å². The number of aryl methyl sites for hydroxylation is 1. The van der Waals surface area contributed by atoms with Crippen LogP contribution in [-0.4, -0.2) is 17.3 Å². The minimum Gasteiger partial charge on any atom is -0.486 e. The molecule has 0 fully saturated rings. The van der Waals surface area contributed by atoms with Gasteiger partial charge in [-0.25, -0.2) is 0 Å².